The summed E-state index contributed by atoms with van der Waals surface area (Å²) < 4.78 is 11.3. The molecule has 0 bridgehead atoms. The predicted molar refractivity (Wildman–Crippen MR) is 107 cm³/mol. The SMILES string of the molecule is CN(Cc1cccs1)C(=O)COC(=O)C1c2ccccc2Oc2ccccc21. The summed E-state index contributed by atoms with van der Waals surface area (Å²) in [6.07, 6.45) is 0. The first-order chi connectivity index (χ1) is 13.6. The monoisotopic (exact) mass is 393 g/mol. The highest BCUT2D eigenvalue weighted by Crippen LogP contribution is 2.44. The molecule has 0 N–H and O–H groups in total. The number of likely N-dealkylation sites (N-methyl/N-ethyl adjacent to an activating group) is 1. The van der Waals surface area contributed by atoms with E-state index in [2.05, 4.69) is 0 Å². The Hall–Kier alpha value is -3.12. The lowest BCUT2D eigenvalue weighted by atomic mass is 9.88. The van der Waals surface area contributed by atoms with Crippen molar-refractivity contribution in [1.82, 2.24) is 4.90 Å². The number of carbonyl (C=O) groups is 2. The van der Waals surface area contributed by atoms with Gasteiger partial charge in [-0.1, -0.05) is 42.5 Å². The molecule has 1 aromatic heterocycles. The third kappa shape index (κ3) is 3.64. The molecule has 0 radical (unpaired) electrons. The van der Waals surface area contributed by atoms with Gasteiger partial charge in [-0.15, -0.1) is 11.3 Å². The van der Waals surface area contributed by atoms with Crippen molar-refractivity contribution >= 4 is 23.2 Å². The van der Waals surface area contributed by atoms with Gasteiger partial charge in [-0.2, -0.15) is 0 Å². The van der Waals surface area contributed by atoms with Gasteiger partial charge < -0.3 is 14.4 Å². The van der Waals surface area contributed by atoms with Crippen LogP contribution >= 0.6 is 11.3 Å². The van der Waals surface area contributed by atoms with Gasteiger partial charge in [0, 0.05) is 23.1 Å². The maximum absolute atomic E-state index is 12.9. The van der Waals surface area contributed by atoms with Crippen molar-refractivity contribution in [2.45, 2.75) is 12.5 Å². The maximum atomic E-state index is 12.9. The molecule has 3 aromatic rings. The Morgan fingerprint density at radius 2 is 1.64 bits per heavy atom. The molecule has 4 rings (SSSR count). The average Bonchev–Trinajstić information content (AvgIpc) is 3.22. The lowest BCUT2D eigenvalue weighted by Crippen LogP contribution is -2.32. The lowest BCUT2D eigenvalue weighted by molar-refractivity contribution is -0.152. The molecule has 1 aliphatic heterocycles. The standard InChI is InChI=1S/C22H19NO4S/c1-23(13-15-7-6-12-28-15)20(24)14-26-22(25)21-16-8-2-4-10-18(16)27-19-11-5-3-9-17(19)21/h2-12,21H,13-14H2,1H3. The lowest BCUT2D eigenvalue weighted by Gasteiger charge is -2.27. The van der Waals surface area contributed by atoms with Gasteiger partial charge in [0.15, 0.2) is 6.61 Å². The van der Waals surface area contributed by atoms with Crippen LogP contribution in [0.1, 0.15) is 21.9 Å². The minimum absolute atomic E-state index is 0.240. The van der Waals surface area contributed by atoms with Gasteiger partial charge in [-0.3, -0.25) is 9.59 Å². The first-order valence-electron chi connectivity index (χ1n) is 8.92. The average molecular weight is 393 g/mol. The highest BCUT2D eigenvalue weighted by molar-refractivity contribution is 7.09. The van der Waals surface area contributed by atoms with Crippen LogP contribution in [-0.4, -0.2) is 30.4 Å². The number of esters is 1. The molecule has 1 aliphatic rings. The number of amides is 1. The Morgan fingerprint density at radius 3 is 2.25 bits per heavy atom. The first-order valence-corrected chi connectivity index (χ1v) is 9.80. The molecule has 0 unspecified atom stereocenters. The van der Waals surface area contributed by atoms with Crippen molar-refractivity contribution in [1.29, 1.82) is 0 Å². The Morgan fingerprint density at radius 1 is 1.00 bits per heavy atom. The molecule has 0 spiro atoms. The number of rotatable bonds is 5. The summed E-state index contributed by atoms with van der Waals surface area (Å²) in [5.41, 5.74) is 1.48. The van der Waals surface area contributed by atoms with Gasteiger partial charge in [0.05, 0.1) is 6.54 Å². The van der Waals surface area contributed by atoms with Crippen LogP contribution in [0.5, 0.6) is 11.5 Å². The van der Waals surface area contributed by atoms with Crippen LogP contribution in [0.25, 0.3) is 0 Å². The number of ether oxygens (including phenoxy) is 2. The molecule has 0 fully saturated rings. The van der Waals surface area contributed by atoms with Crippen molar-refractivity contribution in [3.8, 4) is 11.5 Å². The van der Waals surface area contributed by atoms with Gasteiger partial charge in [0.1, 0.15) is 17.4 Å². The molecule has 0 saturated heterocycles. The van der Waals surface area contributed by atoms with Crippen molar-refractivity contribution < 1.29 is 19.1 Å². The molecule has 28 heavy (non-hydrogen) atoms. The Bertz CT molecular complexity index is 954. The molecule has 0 aliphatic carbocycles. The molecule has 5 nitrogen and oxygen atoms in total. The minimum Gasteiger partial charge on any atom is -0.457 e. The summed E-state index contributed by atoms with van der Waals surface area (Å²) in [5.74, 6) is -0.0541. The fourth-order valence-corrected chi connectivity index (χ4v) is 3.97. The van der Waals surface area contributed by atoms with Gasteiger partial charge in [0.2, 0.25) is 0 Å². The van der Waals surface area contributed by atoms with Gasteiger partial charge in [-0.05, 0) is 23.6 Å². The second-order valence-electron chi connectivity index (χ2n) is 6.55. The maximum Gasteiger partial charge on any atom is 0.318 e. The van der Waals surface area contributed by atoms with E-state index in [4.69, 9.17) is 9.47 Å². The molecule has 1 amide bonds. The first kappa shape index (κ1) is 18.3. The van der Waals surface area contributed by atoms with Gasteiger partial charge in [-0.25, -0.2) is 0 Å². The van der Waals surface area contributed by atoms with Crippen LogP contribution < -0.4 is 4.74 Å². The second kappa shape index (κ2) is 7.86. The number of para-hydroxylation sites is 2. The van der Waals surface area contributed by atoms with E-state index in [-0.39, 0.29) is 12.5 Å². The van der Waals surface area contributed by atoms with Crippen LogP contribution in [0, 0.1) is 0 Å². The highest BCUT2D eigenvalue weighted by atomic mass is 32.1. The molecule has 2 aromatic carbocycles. The molecular weight excluding hydrogens is 374 g/mol. The quantitative estimate of drug-likeness (QED) is 0.610. The van der Waals surface area contributed by atoms with Crippen LogP contribution in [0.3, 0.4) is 0 Å². The summed E-state index contributed by atoms with van der Waals surface area (Å²) in [6, 6.07) is 18.7. The number of benzene rings is 2. The van der Waals surface area contributed by atoms with Crippen LogP contribution in [0.2, 0.25) is 0 Å². The smallest absolute Gasteiger partial charge is 0.318 e. The Balaban J connectivity index is 1.48. The zero-order chi connectivity index (χ0) is 19.5. The Kier molecular flexibility index (Phi) is 5.12. The fourth-order valence-electron chi connectivity index (χ4n) is 3.21. The molecule has 6 heteroatoms. The van der Waals surface area contributed by atoms with Crippen LogP contribution in [-0.2, 0) is 20.9 Å². The number of carbonyl (C=O) groups excluding carboxylic acids is 2. The third-order valence-electron chi connectivity index (χ3n) is 4.65. The summed E-state index contributed by atoms with van der Waals surface area (Å²) >= 11 is 1.58. The van der Waals surface area contributed by atoms with Gasteiger partial charge >= 0.3 is 5.97 Å². The fraction of sp³-hybridized carbons (Fsp3) is 0.182. The second-order valence-corrected chi connectivity index (χ2v) is 7.58. The van der Waals surface area contributed by atoms with Crippen molar-refractivity contribution in [2.75, 3.05) is 13.7 Å². The predicted octanol–water partition coefficient (Wildman–Crippen LogP) is 4.19. The zero-order valence-electron chi connectivity index (χ0n) is 15.3. The highest BCUT2D eigenvalue weighted by Gasteiger charge is 2.34. The number of hydrogen-bond donors (Lipinski definition) is 0. The molecule has 142 valence electrons. The molecule has 2 heterocycles. The topological polar surface area (TPSA) is 55.8 Å². The summed E-state index contributed by atoms with van der Waals surface area (Å²) in [4.78, 5) is 27.9. The van der Waals surface area contributed by atoms with E-state index < -0.39 is 11.9 Å². The zero-order valence-corrected chi connectivity index (χ0v) is 16.1. The summed E-state index contributed by atoms with van der Waals surface area (Å²) in [5, 5.41) is 1.97. The van der Waals surface area contributed by atoms with Crippen LogP contribution in [0.15, 0.2) is 66.0 Å². The number of fused-ring (bicyclic) bond motifs is 2. The normalized spacial score (nSPS) is 12.5. The van der Waals surface area contributed by atoms with E-state index in [1.165, 1.54) is 0 Å². The van der Waals surface area contributed by atoms with E-state index in [1.807, 2.05) is 66.0 Å². The largest absolute Gasteiger partial charge is 0.457 e. The van der Waals surface area contributed by atoms with Gasteiger partial charge in [0.25, 0.3) is 5.91 Å². The molecule has 0 atom stereocenters. The van der Waals surface area contributed by atoms with E-state index in [1.54, 1.807) is 23.3 Å². The van der Waals surface area contributed by atoms with Crippen molar-refractivity contribution in [3.63, 3.8) is 0 Å². The van der Waals surface area contributed by atoms with Crippen molar-refractivity contribution in [3.05, 3.63) is 82.0 Å². The number of hydrogen-bond acceptors (Lipinski definition) is 5. The van der Waals surface area contributed by atoms with E-state index in [0.29, 0.717) is 18.0 Å². The summed E-state index contributed by atoms with van der Waals surface area (Å²) in [6.45, 7) is 0.208. The Labute approximate surface area is 167 Å². The number of nitrogens with zero attached hydrogens (tertiary/aromatic N) is 1. The van der Waals surface area contributed by atoms with E-state index in [0.717, 1.165) is 16.0 Å². The molecular formula is C22H19NO4S. The van der Waals surface area contributed by atoms with Crippen molar-refractivity contribution in [2.24, 2.45) is 0 Å². The number of thiophene rings is 1. The third-order valence-corrected chi connectivity index (χ3v) is 5.51. The van der Waals surface area contributed by atoms with Crippen LogP contribution in [0.4, 0.5) is 0 Å². The summed E-state index contributed by atoms with van der Waals surface area (Å²) in [7, 11) is 1.70. The molecule has 0 saturated carbocycles. The van der Waals surface area contributed by atoms with E-state index in [9.17, 15) is 9.59 Å². The minimum atomic E-state index is -0.614. The van der Waals surface area contributed by atoms with E-state index >= 15 is 0 Å².